The molecule has 25 heavy (non-hydrogen) atoms. The van der Waals surface area contributed by atoms with Crippen molar-refractivity contribution in [1.82, 2.24) is 5.32 Å². The monoisotopic (exact) mass is 419 g/mol. The van der Waals surface area contributed by atoms with Gasteiger partial charge in [0.25, 0.3) is 0 Å². The molecule has 1 fully saturated rings. The predicted octanol–water partition coefficient (Wildman–Crippen LogP) is 4.43. The summed E-state index contributed by atoms with van der Waals surface area (Å²) in [4.78, 5) is 13.8. The highest BCUT2D eigenvalue weighted by molar-refractivity contribution is 7.18. The van der Waals surface area contributed by atoms with Crippen molar-refractivity contribution in [2.45, 2.75) is 43.4 Å². The predicted molar refractivity (Wildman–Crippen MR) is 103 cm³/mol. The molecule has 3 rings (SSSR count). The lowest BCUT2D eigenvalue weighted by molar-refractivity contribution is -0.169. The van der Waals surface area contributed by atoms with Crippen molar-refractivity contribution in [2.75, 3.05) is 7.05 Å². The van der Waals surface area contributed by atoms with Crippen LogP contribution in [0.5, 0.6) is 0 Å². The first-order valence-electron chi connectivity index (χ1n) is 8.06. The van der Waals surface area contributed by atoms with E-state index in [1.165, 1.54) is 0 Å². The van der Waals surface area contributed by atoms with Crippen LogP contribution in [0, 0.1) is 0 Å². The van der Waals surface area contributed by atoms with E-state index in [0.717, 1.165) is 48.4 Å². The minimum atomic E-state index is -1.88. The SMILES string of the molecule is CNC1CCC(OC(=O)C(O)(c2ccc(Cl)s2)c2ccc(Cl)s2)CC1. The number of hydrogen-bond acceptors (Lipinski definition) is 6. The molecule has 0 bridgehead atoms. The summed E-state index contributed by atoms with van der Waals surface area (Å²) >= 11 is 14.3. The smallest absolute Gasteiger partial charge is 0.349 e. The zero-order valence-corrected chi connectivity index (χ0v) is 16.8. The summed E-state index contributed by atoms with van der Waals surface area (Å²) < 4.78 is 6.68. The molecule has 2 N–H and O–H groups in total. The summed E-state index contributed by atoms with van der Waals surface area (Å²) in [7, 11) is 1.94. The second-order valence-corrected chi connectivity index (χ2v) is 9.52. The molecule has 2 aromatic rings. The van der Waals surface area contributed by atoms with Crippen LogP contribution in [0.3, 0.4) is 0 Å². The van der Waals surface area contributed by atoms with Crippen molar-refractivity contribution in [1.29, 1.82) is 0 Å². The van der Waals surface area contributed by atoms with Crippen LogP contribution in [0.25, 0.3) is 0 Å². The Labute approximate surface area is 164 Å². The van der Waals surface area contributed by atoms with Gasteiger partial charge < -0.3 is 15.2 Å². The lowest BCUT2D eigenvalue weighted by Gasteiger charge is -2.31. The van der Waals surface area contributed by atoms with Crippen molar-refractivity contribution in [3.05, 3.63) is 42.7 Å². The summed E-state index contributed by atoms with van der Waals surface area (Å²) in [6, 6.07) is 7.08. The Morgan fingerprint density at radius 1 is 1.12 bits per heavy atom. The van der Waals surface area contributed by atoms with Crippen LogP contribution >= 0.6 is 45.9 Å². The molecular weight excluding hydrogens is 401 g/mol. The van der Waals surface area contributed by atoms with E-state index < -0.39 is 11.6 Å². The molecule has 1 saturated carbocycles. The van der Waals surface area contributed by atoms with Gasteiger partial charge in [0.05, 0.1) is 18.4 Å². The normalized spacial score (nSPS) is 21.3. The largest absolute Gasteiger partial charge is 0.460 e. The van der Waals surface area contributed by atoms with E-state index in [1.807, 2.05) is 7.05 Å². The number of halogens is 2. The van der Waals surface area contributed by atoms with Crippen LogP contribution in [-0.2, 0) is 15.1 Å². The Morgan fingerprint density at radius 2 is 1.64 bits per heavy atom. The molecule has 2 aromatic heterocycles. The van der Waals surface area contributed by atoms with E-state index >= 15 is 0 Å². The van der Waals surface area contributed by atoms with Crippen LogP contribution in [-0.4, -0.2) is 30.3 Å². The number of rotatable bonds is 5. The molecule has 0 unspecified atom stereocenters. The van der Waals surface area contributed by atoms with Crippen LogP contribution in [0.15, 0.2) is 24.3 Å². The second-order valence-electron chi connectivity index (χ2n) is 6.09. The first kappa shape index (κ1) is 19.1. The average Bonchev–Trinajstić information content (AvgIpc) is 3.23. The third-order valence-electron chi connectivity index (χ3n) is 4.51. The number of carbonyl (C=O) groups is 1. The molecule has 0 amide bonds. The van der Waals surface area contributed by atoms with Crippen molar-refractivity contribution < 1.29 is 14.6 Å². The molecule has 0 saturated heterocycles. The summed E-state index contributed by atoms with van der Waals surface area (Å²) in [6.07, 6.45) is 3.27. The standard InChI is InChI=1S/C17H19Cl2NO3S2/c1-20-10-2-4-11(5-3-10)23-16(21)17(22,12-6-8-14(18)24-12)13-7-9-15(19)25-13/h6-11,20,22H,2-5H2,1H3. The van der Waals surface area contributed by atoms with Crippen molar-refractivity contribution in [2.24, 2.45) is 0 Å². The minimum absolute atomic E-state index is 0.186. The number of carbonyl (C=O) groups excluding carboxylic acids is 1. The molecule has 0 aromatic carbocycles. The number of nitrogens with one attached hydrogen (secondary N) is 1. The highest BCUT2D eigenvalue weighted by Gasteiger charge is 2.45. The summed E-state index contributed by atoms with van der Waals surface area (Å²) in [5.74, 6) is -0.669. The van der Waals surface area contributed by atoms with Gasteiger partial charge in [-0.3, -0.25) is 0 Å². The Bertz CT molecular complexity index is 698. The average molecular weight is 420 g/mol. The van der Waals surface area contributed by atoms with Gasteiger partial charge in [-0.1, -0.05) is 23.2 Å². The van der Waals surface area contributed by atoms with E-state index in [0.29, 0.717) is 24.5 Å². The zero-order valence-electron chi connectivity index (χ0n) is 13.6. The molecule has 0 radical (unpaired) electrons. The van der Waals surface area contributed by atoms with Gasteiger partial charge in [0, 0.05) is 6.04 Å². The highest BCUT2D eigenvalue weighted by Crippen LogP contribution is 2.41. The molecule has 0 spiro atoms. The number of hydrogen-bond donors (Lipinski definition) is 2. The first-order chi connectivity index (χ1) is 11.9. The lowest BCUT2D eigenvalue weighted by Crippen LogP contribution is -2.41. The maximum absolute atomic E-state index is 12.9. The quantitative estimate of drug-likeness (QED) is 0.703. The van der Waals surface area contributed by atoms with Crippen LogP contribution in [0.2, 0.25) is 8.67 Å². The molecule has 8 heteroatoms. The van der Waals surface area contributed by atoms with Gasteiger partial charge in [0.15, 0.2) is 0 Å². The summed E-state index contributed by atoms with van der Waals surface area (Å²) in [5, 5.41) is 14.5. The maximum atomic E-state index is 12.9. The van der Waals surface area contributed by atoms with Gasteiger partial charge in [-0.05, 0) is 57.0 Å². The number of esters is 1. The topological polar surface area (TPSA) is 58.6 Å². The van der Waals surface area contributed by atoms with Gasteiger partial charge in [-0.2, -0.15) is 0 Å². The van der Waals surface area contributed by atoms with Crippen LogP contribution in [0.4, 0.5) is 0 Å². The molecule has 1 aliphatic rings. The lowest BCUT2D eigenvalue weighted by atomic mass is 9.92. The third-order valence-corrected chi connectivity index (χ3v) is 7.19. The maximum Gasteiger partial charge on any atom is 0.349 e. The molecule has 0 aliphatic heterocycles. The van der Waals surface area contributed by atoms with Crippen LogP contribution < -0.4 is 5.32 Å². The van der Waals surface area contributed by atoms with E-state index in [1.54, 1.807) is 24.3 Å². The van der Waals surface area contributed by atoms with Gasteiger partial charge in [0.1, 0.15) is 6.10 Å². The minimum Gasteiger partial charge on any atom is -0.460 e. The third kappa shape index (κ3) is 4.04. The highest BCUT2D eigenvalue weighted by atomic mass is 35.5. The molecule has 4 nitrogen and oxygen atoms in total. The van der Waals surface area contributed by atoms with E-state index in [-0.39, 0.29) is 6.10 Å². The number of aliphatic hydroxyl groups is 1. The number of ether oxygens (including phenoxy) is 1. The van der Waals surface area contributed by atoms with Crippen LogP contribution in [0.1, 0.15) is 35.4 Å². The summed E-state index contributed by atoms with van der Waals surface area (Å²) in [5.41, 5.74) is -1.88. The van der Waals surface area contributed by atoms with Gasteiger partial charge >= 0.3 is 5.97 Å². The van der Waals surface area contributed by atoms with Gasteiger partial charge in [-0.25, -0.2) is 4.79 Å². The van der Waals surface area contributed by atoms with Crippen molar-refractivity contribution in [3.63, 3.8) is 0 Å². The zero-order chi connectivity index (χ0) is 18.0. The van der Waals surface area contributed by atoms with E-state index in [4.69, 9.17) is 27.9 Å². The number of thiophene rings is 2. The fourth-order valence-corrected chi connectivity index (χ4v) is 5.38. The molecular formula is C17H19Cl2NO3S2. The van der Waals surface area contributed by atoms with E-state index in [9.17, 15) is 9.90 Å². The first-order valence-corrected chi connectivity index (χ1v) is 10.4. The van der Waals surface area contributed by atoms with E-state index in [2.05, 4.69) is 5.32 Å². The molecule has 1 aliphatic carbocycles. The molecule has 2 heterocycles. The van der Waals surface area contributed by atoms with Gasteiger partial charge in [0.2, 0.25) is 5.60 Å². The fraction of sp³-hybridized carbons (Fsp3) is 0.471. The Kier molecular flexibility index (Phi) is 6.08. The van der Waals surface area contributed by atoms with Gasteiger partial charge in [-0.15, -0.1) is 22.7 Å². The van der Waals surface area contributed by atoms with Crippen molar-refractivity contribution in [3.8, 4) is 0 Å². The Balaban J connectivity index is 1.83. The second kappa shape index (κ2) is 7.94. The fourth-order valence-electron chi connectivity index (χ4n) is 3.05. The Morgan fingerprint density at radius 3 is 2.04 bits per heavy atom. The molecule has 136 valence electrons. The summed E-state index contributed by atoms with van der Waals surface area (Å²) in [6.45, 7) is 0. The Hall–Kier alpha value is -0.630. The molecule has 0 atom stereocenters. The van der Waals surface area contributed by atoms with Crippen molar-refractivity contribution >= 4 is 51.8 Å².